The Morgan fingerprint density at radius 1 is 1.19 bits per heavy atom. The molecule has 2 atom stereocenters. The Morgan fingerprint density at radius 2 is 1.89 bits per heavy atom. The molecular weight excluding hydrogens is 370 g/mol. The van der Waals surface area contributed by atoms with E-state index in [1.54, 1.807) is 13.8 Å². The number of ether oxygens (including phenoxy) is 1. The van der Waals surface area contributed by atoms with Crippen LogP contribution in [-0.2, 0) is 19.6 Å². The van der Waals surface area contributed by atoms with Gasteiger partial charge in [0.05, 0.1) is 13.2 Å². The lowest BCUT2D eigenvalue weighted by atomic mass is 9.82. The Balaban J connectivity index is 1.68. The molecule has 3 heterocycles. The molecule has 0 N–H and O–H groups in total. The predicted molar refractivity (Wildman–Crippen MR) is 98.6 cm³/mol. The summed E-state index contributed by atoms with van der Waals surface area (Å²) in [6, 6.07) is 0. The third-order valence-electron chi connectivity index (χ3n) is 5.74. The lowest BCUT2D eigenvalue weighted by Gasteiger charge is -2.38. The smallest absolute Gasteiger partial charge is 0.248 e. The number of hydrogen-bond donors (Lipinski definition) is 0. The van der Waals surface area contributed by atoms with Crippen LogP contribution in [0.25, 0.3) is 0 Å². The molecule has 8 nitrogen and oxygen atoms in total. The van der Waals surface area contributed by atoms with Gasteiger partial charge < -0.3 is 14.2 Å². The first-order valence-corrected chi connectivity index (χ1v) is 11.1. The highest BCUT2D eigenvalue weighted by atomic mass is 32.2. The maximum atomic E-state index is 13.1. The van der Waals surface area contributed by atoms with Crippen molar-refractivity contribution in [3.05, 3.63) is 11.5 Å². The molecule has 27 heavy (non-hydrogen) atoms. The second-order valence-corrected chi connectivity index (χ2v) is 9.31. The number of piperidine rings is 1. The van der Waals surface area contributed by atoms with E-state index in [1.807, 2.05) is 4.90 Å². The van der Waals surface area contributed by atoms with Gasteiger partial charge in [-0.2, -0.15) is 4.31 Å². The average Bonchev–Trinajstić information content (AvgIpc) is 3.01. The summed E-state index contributed by atoms with van der Waals surface area (Å²) in [6.07, 6.45) is 2.02. The van der Waals surface area contributed by atoms with Gasteiger partial charge in [-0.1, -0.05) is 18.5 Å². The Labute approximate surface area is 160 Å². The van der Waals surface area contributed by atoms with Gasteiger partial charge in [-0.3, -0.25) is 4.79 Å². The molecule has 0 aliphatic carbocycles. The highest BCUT2D eigenvalue weighted by molar-refractivity contribution is 7.89. The van der Waals surface area contributed by atoms with E-state index in [1.165, 1.54) is 4.31 Å². The third-order valence-corrected chi connectivity index (χ3v) is 7.86. The number of aryl methyl sites for hydroxylation is 2. The molecule has 0 radical (unpaired) electrons. The standard InChI is InChI=1S/C18H29N3O5S/c1-4-15-12-21(27(23,24)18-13(2)19-26-14(18)3)6-5-16(15)11-17(22)20-7-9-25-10-8-20/h15-16H,4-12H2,1-3H3. The Hall–Kier alpha value is -1.45. The number of nitrogens with zero attached hydrogens (tertiary/aromatic N) is 3. The fourth-order valence-electron chi connectivity index (χ4n) is 4.14. The summed E-state index contributed by atoms with van der Waals surface area (Å²) in [4.78, 5) is 14.6. The van der Waals surface area contributed by atoms with Gasteiger partial charge in [-0.25, -0.2) is 8.42 Å². The van der Waals surface area contributed by atoms with Crippen molar-refractivity contribution in [2.45, 2.75) is 44.9 Å². The van der Waals surface area contributed by atoms with Gasteiger partial charge in [0.1, 0.15) is 10.6 Å². The van der Waals surface area contributed by atoms with E-state index in [4.69, 9.17) is 9.26 Å². The van der Waals surface area contributed by atoms with Gasteiger partial charge in [0.15, 0.2) is 5.76 Å². The summed E-state index contributed by atoms with van der Waals surface area (Å²) < 4.78 is 38.0. The van der Waals surface area contributed by atoms with Gasteiger partial charge in [0, 0.05) is 32.6 Å². The molecule has 0 bridgehead atoms. The first-order valence-electron chi connectivity index (χ1n) is 9.63. The first-order chi connectivity index (χ1) is 12.8. The molecule has 1 aromatic rings. The van der Waals surface area contributed by atoms with Crippen LogP contribution in [0.2, 0.25) is 0 Å². The molecule has 1 amide bonds. The second kappa shape index (κ2) is 8.28. The molecule has 0 aromatic carbocycles. The normalized spacial score (nSPS) is 24.9. The summed E-state index contributed by atoms with van der Waals surface area (Å²) in [7, 11) is -3.63. The van der Waals surface area contributed by atoms with E-state index in [-0.39, 0.29) is 22.6 Å². The van der Waals surface area contributed by atoms with E-state index < -0.39 is 10.0 Å². The largest absolute Gasteiger partial charge is 0.378 e. The number of morpholine rings is 1. The number of aromatic nitrogens is 1. The van der Waals surface area contributed by atoms with E-state index in [0.29, 0.717) is 63.7 Å². The van der Waals surface area contributed by atoms with Crippen molar-refractivity contribution in [2.75, 3.05) is 39.4 Å². The number of carbonyl (C=O) groups is 1. The minimum atomic E-state index is -3.63. The van der Waals surface area contributed by atoms with Crippen LogP contribution in [0, 0.1) is 25.7 Å². The summed E-state index contributed by atoms with van der Waals surface area (Å²) in [5.41, 5.74) is 0.394. The molecule has 3 rings (SSSR count). The van der Waals surface area contributed by atoms with Crippen LogP contribution < -0.4 is 0 Å². The monoisotopic (exact) mass is 399 g/mol. The van der Waals surface area contributed by atoms with Crippen LogP contribution in [0.1, 0.15) is 37.6 Å². The highest BCUT2D eigenvalue weighted by Crippen LogP contribution is 2.33. The van der Waals surface area contributed by atoms with Gasteiger partial charge in [-0.15, -0.1) is 0 Å². The zero-order chi connectivity index (χ0) is 19.6. The molecule has 2 aliphatic rings. The number of hydrogen-bond acceptors (Lipinski definition) is 6. The van der Waals surface area contributed by atoms with Crippen LogP contribution in [-0.4, -0.2) is 68.1 Å². The minimum Gasteiger partial charge on any atom is -0.378 e. The highest BCUT2D eigenvalue weighted by Gasteiger charge is 2.38. The summed E-state index contributed by atoms with van der Waals surface area (Å²) >= 11 is 0. The average molecular weight is 400 g/mol. The molecule has 0 saturated carbocycles. The topological polar surface area (TPSA) is 93.0 Å². The van der Waals surface area contributed by atoms with Crippen LogP contribution >= 0.6 is 0 Å². The Kier molecular flexibility index (Phi) is 6.22. The van der Waals surface area contributed by atoms with Crippen molar-refractivity contribution in [1.29, 1.82) is 0 Å². The molecular formula is C18H29N3O5S. The minimum absolute atomic E-state index is 0.156. The quantitative estimate of drug-likeness (QED) is 0.746. The van der Waals surface area contributed by atoms with E-state index in [9.17, 15) is 13.2 Å². The maximum Gasteiger partial charge on any atom is 0.248 e. The summed E-state index contributed by atoms with van der Waals surface area (Å²) in [5.74, 6) is 0.856. The number of rotatable bonds is 5. The van der Waals surface area contributed by atoms with Crippen molar-refractivity contribution in [3.8, 4) is 0 Å². The van der Waals surface area contributed by atoms with Crippen molar-refractivity contribution in [1.82, 2.24) is 14.4 Å². The van der Waals surface area contributed by atoms with E-state index in [0.717, 1.165) is 6.42 Å². The molecule has 0 spiro atoms. The zero-order valence-electron chi connectivity index (χ0n) is 16.3. The molecule has 152 valence electrons. The fraction of sp³-hybridized carbons (Fsp3) is 0.778. The summed E-state index contributed by atoms with van der Waals surface area (Å²) in [5, 5.41) is 3.78. The summed E-state index contributed by atoms with van der Waals surface area (Å²) in [6.45, 7) is 8.67. The van der Waals surface area contributed by atoms with Crippen LogP contribution in [0.4, 0.5) is 0 Å². The van der Waals surface area contributed by atoms with Gasteiger partial charge in [0.25, 0.3) is 0 Å². The van der Waals surface area contributed by atoms with Crippen LogP contribution in [0.3, 0.4) is 0 Å². The van der Waals surface area contributed by atoms with Crippen LogP contribution in [0.15, 0.2) is 9.42 Å². The number of amides is 1. The first kappa shape index (κ1) is 20.3. The Bertz CT molecular complexity index is 750. The molecule has 2 saturated heterocycles. The number of carbonyl (C=O) groups excluding carboxylic acids is 1. The van der Waals surface area contributed by atoms with Crippen molar-refractivity contribution < 1.29 is 22.5 Å². The van der Waals surface area contributed by atoms with Crippen molar-refractivity contribution in [2.24, 2.45) is 11.8 Å². The van der Waals surface area contributed by atoms with E-state index in [2.05, 4.69) is 12.1 Å². The fourth-order valence-corrected chi connectivity index (χ4v) is 5.94. The number of sulfonamides is 1. The lowest BCUT2D eigenvalue weighted by molar-refractivity contribution is -0.137. The van der Waals surface area contributed by atoms with Gasteiger partial charge >= 0.3 is 0 Å². The second-order valence-electron chi connectivity index (χ2n) is 7.43. The van der Waals surface area contributed by atoms with Crippen molar-refractivity contribution in [3.63, 3.8) is 0 Å². The maximum absolute atomic E-state index is 13.1. The Morgan fingerprint density at radius 3 is 2.48 bits per heavy atom. The lowest BCUT2D eigenvalue weighted by Crippen LogP contribution is -2.46. The predicted octanol–water partition coefficient (Wildman–Crippen LogP) is 1.58. The molecule has 2 fully saturated rings. The third kappa shape index (κ3) is 4.20. The molecule has 1 aromatic heterocycles. The van der Waals surface area contributed by atoms with E-state index >= 15 is 0 Å². The van der Waals surface area contributed by atoms with Crippen molar-refractivity contribution >= 4 is 15.9 Å². The molecule has 2 aliphatic heterocycles. The SMILES string of the molecule is CCC1CN(S(=O)(=O)c2c(C)noc2C)CCC1CC(=O)N1CCOCC1. The van der Waals surface area contributed by atoms with Gasteiger partial charge in [0.2, 0.25) is 15.9 Å². The molecule has 9 heteroatoms. The molecule has 2 unspecified atom stereocenters. The van der Waals surface area contributed by atoms with Gasteiger partial charge in [-0.05, 0) is 32.1 Å². The van der Waals surface area contributed by atoms with Crippen LogP contribution in [0.5, 0.6) is 0 Å². The zero-order valence-corrected chi connectivity index (χ0v) is 17.1.